The molecule has 0 bridgehead atoms. The Bertz CT molecular complexity index is 730. The van der Waals surface area contributed by atoms with Gasteiger partial charge >= 0.3 is 0 Å². The van der Waals surface area contributed by atoms with Gasteiger partial charge in [-0.25, -0.2) is 0 Å². The number of benzene rings is 2. The third-order valence-electron chi connectivity index (χ3n) is 3.81. The van der Waals surface area contributed by atoms with Gasteiger partial charge in [-0.15, -0.1) is 0 Å². The predicted molar refractivity (Wildman–Crippen MR) is 79.5 cm³/mol. The number of rotatable bonds is 3. The molecule has 0 aliphatic heterocycles. The lowest BCUT2D eigenvalue weighted by Crippen LogP contribution is -2.33. The monoisotopic (exact) mass is 298 g/mol. The fraction of sp³-hybridized carbons (Fsp3) is 0.188. The molecule has 3 rings (SSSR count). The number of fused-ring (bicyclic) bond motifs is 1. The van der Waals surface area contributed by atoms with Crippen LogP contribution in [0.25, 0.3) is 0 Å². The zero-order valence-corrected chi connectivity index (χ0v) is 11.6. The lowest BCUT2D eigenvalue weighted by atomic mass is 10.1. The number of nitro benzene ring substituents is 1. The molecule has 1 amide bonds. The van der Waals surface area contributed by atoms with Crippen molar-refractivity contribution in [1.82, 2.24) is 5.32 Å². The summed E-state index contributed by atoms with van der Waals surface area (Å²) in [5, 5.41) is 23.8. The van der Waals surface area contributed by atoms with Crippen molar-refractivity contribution in [1.29, 1.82) is 0 Å². The zero-order valence-electron chi connectivity index (χ0n) is 11.6. The van der Waals surface area contributed by atoms with Crippen LogP contribution in [0, 0.1) is 10.1 Å². The summed E-state index contributed by atoms with van der Waals surface area (Å²) in [4.78, 5) is 22.6. The number of nitrogens with one attached hydrogen (secondary N) is 1. The van der Waals surface area contributed by atoms with Crippen molar-refractivity contribution in [3.63, 3.8) is 0 Å². The normalized spacial score (nSPS) is 19.5. The SMILES string of the molecule is O=C(N[C@@H]1c2cc([N+](=O)[O-])ccc2C[C@H]1O)c1ccccc1. The van der Waals surface area contributed by atoms with Gasteiger partial charge < -0.3 is 10.4 Å². The summed E-state index contributed by atoms with van der Waals surface area (Å²) in [6.45, 7) is 0. The van der Waals surface area contributed by atoms with Crippen LogP contribution in [0.3, 0.4) is 0 Å². The Labute approximate surface area is 126 Å². The fourth-order valence-corrected chi connectivity index (χ4v) is 2.71. The van der Waals surface area contributed by atoms with Gasteiger partial charge in [0.05, 0.1) is 17.1 Å². The molecule has 1 aliphatic carbocycles. The Balaban J connectivity index is 1.88. The molecule has 2 aromatic carbocycles. The van der Waals surface area contributed by atoms with Crippen molar-refractivity contribution in [2.45, 2.75) is 18.6 Å². The summed E-state index contributed by atoms with van der Waals surface area (Å²) in [7, 11) is 0. The van der Waals surface area contributed by atoms with Crippen LogP contribution in [0.15, 0.2) is 48.5 Å². The minimum absolute atomic E-state index is 0.0492. The first kappa shape index (κ1) is 14.2. The van der Waals surface area contributed by atoms with Crippen LogP contribution in [0.5, 0.6) is 0 Å². The highest BCUT2D eigenvalue weighted by atomic mass is 16.6. The molecule has 0 saturated carbocycles. The molecule has 0 heterocycles. The Kier molecular flexibility index (Phi) is 3.60. The Hall–Kier alpha value is -2.73. The van der Waals surface area contributed by atoms with E-state index in [0.717, 1.165) is 5.56 Å². The standard InChI is InChI=1S/C16H14N2O4/c19-14-8-11-6-7-12(18(21)22)9-13(11)15(14)17-16(20)10-4-2-1-3-5-10/h1-7,9,14-15,19H,8H2,(H,17,20)/t14-,15-/m1/s1. The molecule has 0 fully saturated rings. The molecule has 2 atom stereocenters. The number of nitrogens with zero attached hydrogens (tertiary/aromatic N) is 1. The van der Waals surface area contributed by atoms with E-state index in [2.05, 4.69) is 5.32 Å². The first-order valence-corrected chi connectivity index (χ1v) is 6.87. The van der Waals surface area contributed by atoms with Crippen LogP contribution >= 0.6 is 0 Å². The molecule has 0 unspecified atom stereocenters. The van der Waals surface area contributed by atoms with E-state index < -0.39 is 17.1 Å². The molecule has 22 heavy (non-hydrogen) atoms. The number of hydrogen-bond acceptors (Lipinski definition) is 4. The third-order valence-corrected chi connectivity index (χ3v) is 3.81. The fourth-order valence-electron chi connectivity index (χ4n) is 2.71. The van der Waals surface area contributed by atoms with Gasteiger partial charge in [0.2, 0.25) is 0 Å². The van der Waals surface area contributed by atoms with E-state index in [4.69, 9.17) is 0 Å². The molecule has 0 spiro atoms. The number of aliphatic hydroxyl groups is 1. The summed E-state index contributed by atoms with van der Waals surface area (Å²) >= 11 is 0. The van der Waals surface area contributed by atoms with Crippen molar-refractivity contribution in [2.75, 3.05) is 0 Å². The molecule has 0 radical (unpaired) electrons. The number of aliphatic hydroxyl groups excluding tert-OH is 1. The Morgan fingerprint density at radius 2 is 1.95 bits per heavy atom. The number of carbonyl (C=O) groups is 1. The smallest absolute Gasteiger partial charge is 0.269 e. The van der Waals surface area contributed by atoms with Crippen molar-refractivity contribution in [3.8, 4) is 0 Å². The lowest BCUT2D eigenvalue weighted by Gasteiger charge is -2.17. The van der Waals surface area contributed by atoms with Crippen LogP contribution < -0.4 is 5.32 Å². The van der Waals surface area contributed by atoms with E-state index in [1.165, 1.54) is 12.1 Å². The van der Waals surface area contributed by atoms with Gasteiger partial charge in [0.25, 0.3) is 11.6 Å². The van der Waals surface area contributed by atoms with Crippen LogP contribution in [0.4, 0.5) is 5.69 Å². The Morgan fingerprint density at radius 3 is 2.64 bits per heavy atom. The van der Waals surface area contributed by atoms with E-state index >= 15 is 0 Å². The lowest BCUT2D eigenvalue weighted by molar-refractivity contribution is -0.384. The van der Waals surface area contributed by atoms with Crippen molar-refractivity contribution in [2.24, 2.45) is 0 Å². The average Bonchev–Trinajstić information content (AvgIpc) is 2.83. The highest BCUT2D eigenvalue weighted by Crippen LogP contribution is 2.34. The second-order valence-electron chi connectivity index (χ2n) is 5.23. The van der Waals surface area contributed by atoms with Gasteiger partial charge in [-0.05, 0) is 23.3 Å². The highest BCUT2D eigenvalue weighted by molar-refractivity contribution is 5.94. The second-order valence-corrected chi connectivity index (χ2v) is 5.23. The van der Waals surface area contributed by atoms with E-state index in [9.17, 15) is 20.0 Å². The molecule has 112 valence electrons. The number of carbonyl (C=O) groups excluding carboxylic acids is 1. The summed E-state index contributed by atoms with van der Waals surface area (Å²) < 4.78 is 0. The molecule has 2 N–H and O–H groups in total. The summed E-state index contributed by atoms with van der Waals surface area (Å²) in [5.41, 5.74) is 1.85. The van der Waals surface area contributed by atoms with Gasteiger partial charge in [0.1, 0.15) is 0 Å². The van der Waals surface area contributed by atoms with Crippen LogP contribution in [0.1, 0.15) is 27.5 Å². The van der Waals surface area contributed by atoms with E-state index in [0.29, 0.717) is 17.5 Å². The quantitative estimate of drug-likeness (QED) is 0.669. The average molecular weight is 298 g/mol. The largest absolute Gasteiger partial charge is 0.390 e. The summed E-state index contributed by atoms with van der Waals surface area (Å²) in [6, 6.07) is 12.5. The molecule has 0 aromatic heterocycles. The minimum Gasteiger partial charge on any atom is -0.390 e. The topological polar surface area (TPSA) is 92.5 Å². The second kappa shape index (κ2) is 5.57. The zero-order chi connectivity index (χ0) is 15.7. The number of nitro groups is 1. The third kappa shape index (κ3) is 2.56. The number of hydrogen-bond donors (Lipinski definition) is 2. The molecule has 6 heteroatoms. The van der Waals surface area contributed by atoms with Gasteiger partial charge in [-0.1, -0.05) is 24.3 Å². The van der Waals surface area contributed by atoms with Crippen molar-refractivity contribution >= 4 is 11.6 Å². The summed E-state index contributed by atoms with van der Waals surface area (Å²) in [5.74, 6) is -0.316. The molecular weight excluding hydrogens is 284 g/mol. The Morgan fingerprint density at radius 1 is 1.23 bits per heavy atom. The van der Waals surface area contributed by atoms with Crippen molar-refractivity contribution in [3.05, 3.63) is 75.3 Å². The number of amides is 1. The van der Waals surface area contributed by atoms with Gasteiger partial charge in [0.15, 0.2) is 0 Å². The summed E-state index contributed by atoms with van der Waals surface area (Å²) in [6.07, 6.45) is -0.419. The molecule has 2 aromatic rings. The van der Waals surface area contributed by atoms with E-state index in [-0.39, 0.29) is 11.6 Å². The predicted octanol–water partition coefficient (Wildman–Crippen LogP) is 1.98. The number of non-ortho nitro benzene ring substituents is 1. The molecule has 0 saturated heterocycles. The molecule has 1 aliphatic rings. The van der Waals surface area contributed by atoms with E-state index in [1.54, 1.807) is 36.4 Å². The maximum atomic E-state index is 12.2. The first-order valence-electron chi connectivity index (χ1n) is 6.87. The highest BCUT2D eigenvalue weighted by Gasteiger charge is 2.33. The van der Waals surface area contributed by atoms with Crippen LogP contribution in [0.2, 0.25) is 0 Å². The molecule has 6 nitrogen and oxygen atoms in total. The van der Waals surface area contributed by atoms with Crippen LogP contribution in [-0.4, -0.2) is 22.0 Å². The first-order chi connectivity index (χ1) is 10.6. The van der Waals surface area contributed by atoms with Crippen LogP contribution in [-0.2, 0) is 6.42 Å². The van der Waals surface area contributed by atoms with Crippen molar-refractivity contribution < 1.29 is 14.8 Å². The minimum atomic E-state index is -0.787. The van der Waals surface area contributed by atoms with Gasteiger partial charge in [-0.3, -0.25) is 14.9 Å². The van der Waals surface area contributed by atoms with E-state index in [1.807, 2.05) is 0 Å². The maximum Gasteiger partial charge on any atom is 0.269 e. The van der Waals surface area contributed by atoms with Gasteiger partial charge in [0, 0.05) is 24.1 Å². The van der Waals surface area contributed by atoms with Gasteiger partial charge in [-0.2, -0.15) is 0 Å². The maximum absolute atomic E-state index is 12.2. The molecular formula is C16H14N2O4.